The molecule has 5 heteroatoms. The summed E-state index contributed by atoms with van der Waals surface area (Å²) >= 11 is 0. The van der Waals surface area contributed by atoms with E-state index in [2.05, 4.69) is 17.1 Å². The van der Waals surface area contributed by atoms with Crippen molar-refractivity contribution in [2.75, 3.05) is 7.11 Å². The topological polar surface area (TPSA) is 65.2 Å². The molecule has 2 aliphatic carbocycles. The summed E-state index contributed by atoms with van der Waals surface area (Å²) in [6.45, 7) is 2.18. The lowest BCUT2D eigenvalue weighted by atomic mass is 9.91. The highest BCUT2D eigenvalue weighted by Gasteiger charge is 2.41. The molecule has 0 bridgehead atoms. The van der Waals surface area contributed by atoms with Crippen LogP contribution in [0.1, 0.15) is 62.6 Å². The fourth-order valence-electron chi connectivity index (χ4n) is 3.12. The quantitative estimate of drug-likeness (QED) is 0.782. The molecular formula is C14H20N2O3. The summed E-state index contributed by atoms with van der Waals surface area (Å²) in [6, 6.07) is 0. The molecule has 0 aliphatic heterocycles. The zero-order chi connectivity index (χ0) is 13.4. The number of aromatic nitrogens is 2. The Hall–Kier alpha value is -1.39. The molecule has 3 rings (SSSR count). The first kappa shape index (κ1) is 12.6. The van der Waals surface area contributed by atoms with Crippen molar-refractivity contribution in [2.45, 2.75) is 50.9 Å². The molecule has 2 fully saturated rings. The van der Waals surface area contributed by atoms with Gasteiger partial charge in [0.05, 0.1) is 7.11 Å². The van der Waals surface area contributed by atoms with Gasteiger partial charge in [-0.15, -0.1) is 0 Å². The first-order valence-electron chi connectivity index (χ1n) is 7.12. The molecule has 3 unspecified atom stereocenters. The minimum Gasteiger partial charge on any atom is -0.468 e. The van der Waals surface area contributed by atoms with E-state index in [9.17, 15) is 4.79 Å². The second kappa shape index (κ2) is 4.94. The SMILES string of the molecule is COC(=O)C(c1nc(C2CC2C)no1)C1CCCC1. The van der Waals surface area contributed by atoms with Crippen molar-refractivity contribution in [3.05, 3.63) is 11.7 Å². The Morgan fingerprint density at radius 3 is 2.68 bits per heavy atom. The van der Waals surface area contributed by atoms with Crippen molar-refractivity contribution in [3.8, 4) is 0 Å². The van der Waals surface area contributed by atoms with Crippen molar-refractivity contribution in [3.63, 3.8) is 0 Å². The average Bonchev–Trinajstić information content (AvgIpc) is 2.90. The van der Waals surface area contributed by atoms with Crippen LogP contribution in [0.25, 0.3) is 0 Å². The molecule has 104 valence electrons. The van der Waals surface area contributed by atoms with Crippen LogP contribution >= 0.6 is 0 Å². The van der Waals surface area contributed by atoms with Gasteiger partial charge in [0, 0.05) is 5.92 Å². The number of hydrogen-bond donors (Lipinski definition) is 0. The van der Waals surface area contributed by atoms with Crippen molar-refractivity contribution < 1.29 is 14.1 Å². The predicted octanol–water partition coefficient (Wildman–Crippen LogP) is 2.64. The van der Waals surface area contributed by atoms with E-state index in [1.165, 1.54) is 20.0 Å². The molecular weight excluding hydrogens is 244 g/mol. The Balaban J connectivity index is 1.82. The Bertz CT molecular complexity index is 465. The van der Waals surface area contributed by atoms with Gasteiger partial charge in [-0.25, -0.2) is 0 Å². The van der Waals surface area contributed by atoms with Crippen LogP contribution < -0.4 is 0 Å². The Morgan fingerprint density at radius 1 is 1.42 bits per heavy atom. The zero-order valence-corrected chi connectivity index (χ0v) is 11.5. The third-order valence-corrected chi connectivity index (χ3v) is 4.49. The minimum absolute atomic E-state index is 0.244. The third kappa shape index (κ3) is 2.38. The van der Waals surface area contributed by atoms with Crippen molar-refractivity contribution in [2.24, 2.45) is 11.8 Å². The molecule has 0 saturated heterocycles. The monoisotopic (exact) mass is 264 g/mol. The highest BCUT2D eigenvalue weighted by atomic mass is 16.5. The molecule has 0 aromatic carbocycles. The average molecular weight is 264 g/mol. The molecule has 3 atom stereocenters. The smallest absolute Gasteiger partial charge is 0.318 e. The third-order valence-electron chi connectivity index (χ3n) is 4.49. The maximum atomic E-state index is 12.0. The van der Waals surface area contributed by atoms with Gasteiger partial charge in [-0.3, -0.25) is 4.79 Å². The molecule has 2 aliphatic rings. The molecule has 19 heavy (non-hydrogen) atoms. The summed E-state index contributed by atoms with van der Waals surface area (Å²) < 4.78 is 10.3. The van der Waals surface area contributed by atoms with Gasteiger partial charge >= 0.3 is 5.97 Å². The largest absolute Gasteiger partial charge is 0.468 e. The summed E-state index contributed by atoms with van der Waals surface area (Å²) in [5.74, 6) is 1.93. The van der Waals surface area contributed by atoms with Crippen LogP contribution in [0.4, 0.5) is 0 Å². The molecule has 0 N–H and O–H groups in total. The standard InChI is InChI=1S/C14H20N2O3/c1-8-7-10(8)12-15-13(19-16-12)11(14(17)18-2)9-5-3-4-6-9/h8-11H,3-7H2,1-2H3. The Kier molecular flexibility index (Phi) is 3.29. The second-order valence-electron chi connectivity index (χ2n) is 5.86. The number of nitrogens with zero attached hydrogens (tertiary/aromatic N) is 2. The first-order valence-corrected chi connectivity index (χ1v) is 7.12. The normalized spacial score (nSPS) is 28.3. The minimum atomic E-state index is -0.372. The molecule has 0 amide bonds. The van der Waals surface area contributed by atoms with E-state index in [-0.39, 0.29) is 17.8 Å². The van der Waals surface area contributed by atoms with Gasteiger partial charge in [0.2, 0.25) is 5.89 Å². The van der Waals surface area contributed by atoms with Crippen LogP contribution in [0.2, 0.25) is 0 Å². The van der Waals surface area contributed by atoms with Crippen LogP contribution in [0, 0.1) is 11.8 Å². The number of ether oxygens (including phenoxy) is 1. The van der Waals surface area contributed by atoms with E-state index in [0.717, 1.165) is 25.1 Å². The van der Waals surface area contributed by atoms with Crippen LogP contribution in [0.5, 0.6) is 0 Å². The van der Waals surface area contributed by atoms with E-state index >= 15 is 0 Å². The van der Waals surface area contributed by atoms with Crippen molar-refractivity contribution >= 4 is 5.97 Å². The Labute approximate surface area is 112 Å². The van der Waals surface area contributed by atoms with E-state index in [1.807, 2.05) is 0 Å². The fraction of sp³-hybridized carbons (Fsp3) is 0.786. The van der Waals surface area contributed by atoms with Gasteiger partial charge in [0.1, 0.15) is 5.92 Å². The van der Waals surface area contributed by atoms with Gasteiger partial charge in [-0.05, 0) is 31.1 Å². The first-order chi connectivity index (χ1) is 9.20. The highest BCUT2D eigenvalue weighted by molar-refractivity contribution is 5.77. The maximum absolute atomic E-state index is 12.0. The maximum Gasteiger partial charge on any atom is 0.318 e. The number of esters is 1. The highest BCUT2D eigenvalue weighted by Crippen LogP contribution is 2.46. The molecule has 1 heterocycles. The molecule has 2 saturated carbocycles. The molecule has 5 nitrogen and oxygen atoms in total. The fourth-order valence-corrected chi connectivity index (χ4v) is 3.12. The van der Waals surface area contributed by atoms with Crippen LogP contribution in [-0.4, -0.2) is 23.2 Å². The summed E-state index contributed by atoms with van der Waals surface area (Å²) in [7, 11) is 1.42. The summed E-state index contributed by atoms with van der Waals surface area (Å²) in [6.07, 6.45) is 5.53. The van der Waals surface area contributed by atoms with Crippen LogP contribution in [0.15, 0.2) is 4.52 Å². The van der Waals surface area contributed by atoms with Crippen molar-refractivity contribution in [1.29, 1.82) is 0 Å². The molecule has 0 spiro atoms. The zero-order valence-electron chi connectivity index (χ0n) is 11.5. The summed E-state index contributed by atoms with van der Waals surface area (Å²) in [4.78, 5) is 16.5. The second-order valence-corrected chi connectivity index (χ2v) is 5.86. The lowest BCUT2D eigenvalue weighted by Gasteiger charge is -2.16. The molecule has 1 aromatic heterocycles. The summed E-state index contributed by atoms with van der Waals surface area (Å²) in [5, 5.41) is 4.04. The van der Waals surface area contributed by atoms with E-state index in [4.69, 9.17) is 9.26 Å². The summed E-state index contributed by atoms with van der Waals surface area (Å²) in [5.41, 5.74) is 0. The van der Waals surface area contributed by atoms with Gasteiger partial charge in [0.25, 0.3) is 0 Å². The van der Waals surface area contributed by atoms with Gasteiger partial charge < -0.3 is 9.26 Å². The Morgan fingerprint density at radius 2 is 2.11 bits per heavy atom. The number of hydrogen-bond acceptors (Lipinski definition) is 5. The van der Waals surface area contributed by atoms with Gasteiger partial charge in [-0.2, -0.15) is 4.98 Å². The van der Waals surface area contributed by atoms with Gasteiger partial charge in [-0.1, -0.05) is 24.9 Å². The van der Waals surface area contributed by atoms with E-state index in [1.54, 1.807) is 0 Å². The van der Waals surface area contributed by atoms with Crippen LogP contribution in [0.3, 0.4) is 0 Å². The van der Waals surface area contributed by atoms with E-state index in [0.29, 0.717) is 17.7 Å². The number of methoxy groups -OCH3 is 1. The lowest BCUT2D eigenvalue weighted by Crippen LogP contribution is -2.21. The lowest BCUT2D eigenvalue weighted by molar-refractivity contribution is -0.144. The van der Waals surface area contributed by atoms with E-state index < -0.39 is 0 Å². The molecule has 1 aromatic rings. The van der Waals surface area contributed by atoms with Crippen LogP contribution in [-0.2, 0) is 9.53 Å². The molecule has 0 radical (unpaired) electrons. The predicted molar refractivity (Wildman–Crippen MR) is 67.5 cm³/mol. The number of carbonyl (C=O) groups is 1. The van der Waals surface area contributed by atoms with Gasteiger partial charge in [0.15, 0.2) is 5.82 Å². The number of rotatable bonds is 4. The van der Waals surface area contributed by atoms with Crippen molar-refractivity contribution in [1.82, 2.24) is 10.1 Å². The number of carbonyl (C=O) groups excluding carboxylic acids is 1.